The second-order valence-electron chi connectivity index (χ2n) is 6.11. The molecular weight excluding hydrogens is 226 g/mol. The molecule has 3 aliphatic heterocycles. The molecule has 0 aromatic heterocycles. The van der Waals surface area contributed by atoms with Crippen LogP contribution in [0.3, 0.4) is 0 Å². The fraction of sp³-hybridized carbons (Fsp3) is 1.00. The predicted molar refractivity (Wildman–Crippen MR) is 72.6 cm³/mol. The molecule has 0 aliphatic carbocycles. The maximum atomic E-state index is 6.06. The van der Waals surface area contributed by atoms with Crippen LogP contribution in [0.5, 0.6) is 0 Å². The molecule has 0 aromatic carbocycles. The summed E-state index contributed by atoms with van der Waals surface area (Å²) in [7, 11) is 0. The first-order valence-corrected chi connectivity index (χ1v) is 7.64. The van der Waals surface area contributed by atoms with Gasteiger partial charge in [-0.05, 0) is 38.1 Å². The second-order valence-corrected chi connectivity index (χ2v) is 6.11. The van der Waals surface area contributed by atoms with Crippen LogP contribution in [-0.4, -0.2) is 67.8 Å². The zero-order chi connectivity index (χ0) is 12.4. The lowest BCUT2D eigenvalue weighted by atomic mass is 9.91. The van der Waals surface area contributed by atoms with E-state index >= 15 is 0 Å². The number of piperazine rings is 1. The largest absolute Gasteiger partial charge is 0.381 e. The van der Waals surface area contributed by atoms with Crippen molar-refractivity contribution >= 4 is 0 Å². The molecule has 3 saturated heterocycles. The molecule has 0 saturated carbocycles. The lowest BCUT2D eigenvalue weighted by Crippen LogP contribution is -2.57. The minimum Gasteiger partial charge on any atom is -0.381 e. The van der Waals surface area contributed by atoms with Gasteiger partial charge in [0.15, 0.2) is 0 Å². The molecule has 4 heteroatoms. The van der Waals surface area contributed by atoms with Crippen LogP contribution in [0.1, 0.15) is 25.7 Å². The molecule has 3 atom stereocenters. The van der Waals surface area contributed by atoms with Crippen LogP contribution in [-0.2, 0) is 4.74 Å². The molecule has 3 heterocycles. The first kappa shape index (κ1) is 12.9. The number of ether oxygens (including phenoxy) is 1. The monoisotopic (exact) mass is 253 g/mol. The molecule has 0 amide bonds. The molecular formula is C14H27N3O. The maximum absolute atomic E-state index is 6.06. The quantitative estimate of drug-likeness (QED) is 0.796. The van der Waals surface area contributed by atoms with Crippen LogP contribution in [0.25, 0.3) is 0 Å². The van der Waals surface area contributed by atoms with Crippen molar-refractivity contribution in [3.63, 3.8) is 0 Å². The molecule has 3 fully saturated rings. The Kier molecular flexibility index (Phi) is 4.19. The first-order valence-electron chi connectivity index (χ1n) is 7.64. The third-order valence-corrected chi connectivity index (χ3v) is 5.07. The molecule has 4 nitrogen and oxygen atoms in total. The summed E-state index contributed by atoms with van der Waals surface area (Å²) < 4.78 is 5.65. The van der Waals surface area contributed by atoms with Gasteiger partial charge in [-0.2, -0.15) is 0 Å². The molecule has 18 heavy (non-hydrogen) atoms. The molecule has 104 valence electrons. The average molecular weight is 253 g/mol. The van der Waals surface area contributed by atoms with Gasteiger partial charge in [0, 0.05) is 44.9 Å². The summed E-state index contributed by atoms with van der Waals surface area (Å²) >= 11 is 0. The topological polar surface area (TPSA) is 41.7 Å². The van der Waals surface area contributed by atoms with E-state index < -0.39 is 0 Å². The van der Waals surface area contributed by atoms with Crippen molar-refractivity contribution in [1.82, 2.24) is 9.80 Å². The Labute approximate surface area is 110 Å². The summed E-state index contributed by atoms with van der Waals surface area (Å²) in [6.45, 7) is 7.66. The fourth-order valence-electron chi connectivity index (χ4n) is 4.03. The van der Waals surface area contributed by atoms with Crippen LogP contribution in [0.4, 0.5) is 0 Å². The van der Waals surface area contributed by atoms with E-state index in [0.717, 1.165) is 25.8 Å². The van der Waals surface area contributed by atoms with Crippen LogP contribution in [0.2, 0.25) is 0 Å². The normalized spacial score (nSPS) is 36.5. The Morgan fingerprint density at radius 1 is 1.17 bits per heavy atom. The molecule has 3 rings (SSSR count). The maximum Gasteiger partial charge on any atom is 0.0509 e. The zero-order valence-electron chi connectivity index (χ0n) is 11.4. The van der Waals surface area contributed by atoms with Gasteiger partial charge in [-0.1, -0.05) is 0 Å². The van der Waals surface area contributed by atoms with E-state index in [9.17, 15) is 0 Å². The fourth-order valence-corrected chi connectivity index (χ4v) is 4.03. The second kappa shape index (κ2) is 5.87. The van der Waals surface area contributed by atoms with Crippen molar-refractivity contribution < 1.29 is 4.74 Å². The Bertz CT molecular complexity index is 268. The van der Waals surface area contributed by atoms with Crippen molar-refractivity contribution in [3.8, 4) is 0 Å². The third kappa shape index (κ3) is 2.57. The smallest absolute Gasteiger partial charge is 0.0509 e. The van der Waals surface area contributed by atoms with Crippen LogP contribution in [0, 0.1) is 5.92 Å². The minimum absolute atomic E-state index is 0.549. The molecule has 0 spiro atoms. The van der Waals surface area contributed by atoms with Gasteiger partial charge in [-0.3, -0.25) is 9.80 Å². The summed E-state index contributed by atoms with van der Waals surface area (Å²) in [5.74, 6) is 0.664. The molecule has 0 bridgehead atoms. The molecule has 2 N–H and O–H groups in total. The minimum atomic E-state index is 0.549. The highest BCUT2D eigenvalue weighted by molar-refractivity contribution is 4.91. The summed E-state index contributed by atoms with van der Waals surface area (Å²) in [4.78, 5) is 5.33. The predicted octanol–water partition coefficient (Wildman–Crippen LogP) is 0.520. The average Bonchev–Trinajstić information content (AvgIpc) is 2.88. The van der Waals surface area contributed by atoms with Gasteiger partial charge >= 0.3 is 0 Å². The number of nitrogens with two attached hydrogens (primary N) is 1. The van der Waals surface area contributed by atoms with E-state index in [1.807, 2.05) is 0 Å². The Balaban J connectivity index is 1.60. The van der Waals surface area contributed by atoms with Crippen LogP contribution < -0.4 is 5.73 Å². The summed E-state index contributed by atoms with van der Waals surface area (Å²) in [5.41, 5.74) is 6.06. The number of fused-ring (bicyclic) bond motifs is 1. The summed E-state index contributed by atoms with van der Waals surface area (Å²) in [5, 5.41) is 0. The molecule has 3 unspecified atom stereocenters. The van der Waals surface area contributed by atoms with Gasteiger partial charge in [0.05, 0.1) is 6.61 Å². The first-order chi connectivity index (χ1) is 8.88. The van der Waals surface area contributed by atoms with Crippen molar-refractivity contribution in [1.29, 1.82) is 0 Å². The van der Waals surface area contributed by atoms with Gasteiger partial charge in [0.2, 0.25) is 0 Å². The molecule has 3 aliphatic rings. The highest BCUT2D eigenvalue weighted by Gasteiger charge is 2.36. The Morgan fingerprint density at radius 2 is 2.11 bits per heavy atom. The van der Waals surface area contributed by atoms with Crippen molar-refractivity contribution in [2.24, 2.45) is 11.7 Å². The van der Waals surface area contributed by atoms with Gasteiger partial charge in [0.25, 0.3) is 0 Å². The molecule has 0 radical (unpaired) electrons. The lowest BCUT2D eigenvalue weighted by Gasteiger charge is -2.44. The number of hydrogen-bond acceptors (Lipinski definition) is 4. The van der Waals surface area contributed by atoms with Crippen molar-refractivity contribution in [3.05, 3.63) is 0 Å². The van der Waals surface area contributed by atoms with Gasteiger partial charge in [-0.25, -0.2) is 0 Å². The SMILES string of the molecule is NCC(C1CCCOC1)N1CCN2CCCC2C1. The van der Waals surface area contributed by atoms with E-state index in [1.165, 1.54) is 51.9 Å². The van der Waals surface area contributed by atoms with Gasteiger partial charge in [-0.15, -0.1) is 0 Å². The van der Waals surface area contributed by atoms with Crippen LogP contribution in [0.15, 0.2) is 0 Å². The lowest BCUT2D eigenvalue weighted by molar-refractivity contribution is -0.00937. The summed E-state index contributed by atoms with van der Waals surface area (Å²) in [6.07, 6.45) is 5.28. The summed E-state index contributed by atoms with van der Waals surface area (Å²) in [6, 6.07) is 1.35. The highest BCUT2D eigenvalue weighted by Crippen LogP contribution is 2.27. The number of hydrogen-bond donors (Lipinski definition) is 1. The van der Waals surface area contributed by atoms with E-state index in [4.69, 9.17) is 10.5 Å². The number of rotatable bonds is 3. The Morgan fingerprint density at radius 3 is 2.89 bits per heavy atom. The van der Waals surface area contributed by atoms with Gasteiger partial charge in [0.1, 0.15) is 0 Å². The van der Waals surface area contributed by atoms with Crippen molar-refractivity contribution in [2.75, 3.05) is 45.9 Å². The standard InChI is InChI=1S/C14H27N3O/c15-9-14(12-3-2-8-18-11-12)17-7-6-16-5-1-4-13(16)10-17/h12-14H,1-11,15H2. The van der Waals surface area contributed by atoms with E-state index in [0.29, 0.717) is 12.0 Å². The highest BCUT2D eigenvalue weighted by atomic mass is 16.5. The number of nitrogens with zero attached hydrogens (tertiary/aromatic N) is 2. The van der Waals surface area contributed by atoms with E-state index in [1.54, 1.807) is 0 Å². The van der Waals surface area contributed by atoms with Crippen molar-refractivity contribution in [2.45, 2.75) is 37.8 Å². The van der Waals surface area contributed by atoms with E-state index in [-0.39, 0.29) is 0 Å². The van der Waals surface area contributed by atoms with E-state index in [2.05, 4.69) is 9.80 Å². The zero-order valence-corrected chi connectivity index (χ0v) is 11.4. The van der Waals surface area contributed by atoms with Crippen LogP contribution >= 0.6 is 0 Å². The Hall–Kier alpha value is -0.160. The third-order valence-electron chi connectivity index (χ3n) is 5.07. The molecule has 0 aromatic rings. The van der Waals surface area contributed by atoms with Gasteiger partial charge < -0.3 is 10.5 Å².